The van der Waals surface area contributed by atoms with Gasteiger partial charge in [0.2, 0.25) is 11.8 Å². The molecular formula is C83H97N21O19. The number of urea groups is 3. The number of carbonyl (C=O) groups is 9. The van der Waals surface area contributed by atoms with Gasteiger partial charge in [-0.3, -0.25) is 34.9 Å². The highest BCUT2D eigenvalue weighted by Crippen LogP contribution is 2.52. The van der Waals surface area contributed by atoms with Gasteiger partial charge >= 0.3 is 36.0 Å². The van der Waals surface area contributed by atoms with Crippen LogP contribution < -0.4 is 31.9 Å². The molecule has 0 radical (unpaired) electrons. The second kappa shape index (κ2) is 37.6. The summed E-state index contributed by atoms with van der Waals surface area (Å²) in [6.07, 6.45) is 5.95. The highest BCUT2D eigenvalue weighted by molar-refractivity contribution is 5.98. The van der Waals surface area contributed by atoms with Crippen LogP contribution in [-0.2, 0) is 76.1 Å². The van der Waals surface area contributed by atoms with Crippen molar-refractivity contribution in [2.45, 2.75) is 191 Å². The molecule has 9 aromatic rings. The fourth-order valence-corrected chi connectivity index (χ4v) is 17.8. The Morgan fingerprint density at radius 2 is 0.699 bits per heavy atom. The molecule has 6 aromatic heterocycles. The van der Waals surface area contributed by atoms with Crippen molar-refractivity contribution in [1.29, 1.82) is 0 Å². The summed E-state index contributed by atoms with van der Waals surface area (Å²) in [5, 5.41) is 16.1. The van der Waals surface area contributed by atoms with E-state index in [1.165, 1.54) is 30.2 Å². The standard InChI is InChI=1S/2C28H33N7O6.C27H31N7O7/c2*1-3-29-28(38)33-23-20-24(31-14-30-23)35(15-32-20)19-13-17(25(36)34-12-8-11-18(34)26(37)39-4-2)21-22(19)41-27(40-21)16-9-6-5-7-10-16;1-3-28-27(37)32-21-17-22(30-13-29-21)34(14-31-17)24-20-18(40-26(41-20)15-9-6-5-7-10-15)19(39-24)23(35)33-12-8-11-16(33)25(36)38-4-2/h2*5-7,9-10,14-15,17-19,21-22,27H,3-4,8,11-13H2,1-2H3,(H2,29,30,31,33,38);5-7,9-10,13-14,16,18-20,24,26H,3-4,8,11-12H2,1-2H3,(H2,28,29,30,32,37)/t17?,18-,19?,21?,22?,27+;17?,18-,19?,21?,22?,27-;16-,18?,19?,20?,24?,26-/m100/s1. The Bertz CT molecular complexity index is 4810. The third kappa shape index (κ3) is 17.1. The molecule has 3 aromatic carbocycles. The minimum absolute atomic E-state index is 0.145. The fourth-order valence-electron chi connectivity index (χ4n) is 17.8. The van der Waals surface area contributed by atoms with Crippen molar-refractivity contribution in [2.75, 3.05) is 75.0 Å². The average Bonchev–Trinajstić information content (AvgIpc) is 1.59. The van der Waals surface area contributed by atoms with Gasteiger partial charge in [-0.2, -0.15) is 0 Å². The lowest BCUT2D eigenvalue weighted by atomic mass is 10.0. The van der Waals surface area contributed by atoms with Gasteiger partial charge in [0, 0.05) is 56.0 Å². The number of benzene rings is 3. The molecule has 6 N–H and O–H groups in total. The fraction of sp³-hybridized carbons (Fsp3) is 0.494. The Balaban J connectivity index is 0.000000137. The van der Waals surface area contributed by atoms with Crippen molar-refractivity contribution in [2.24, 2.45) is 11.8 Å². The highest BCUT2D eigenvalue weighted by atomic mass is 16.8. The predicted octanol–water partition coefficient (Wildman–Crippen LogP) is 7.03. The first kappa shape index (κ1) is 84.3. The topological polar surface area (TPSA) is 459 Å². The van der Waals surface area contributed by atoms with E-state index >= 15 is 0 Å². The number of hydrogen-bond donors (Lipinski definition) is 6. The Morgan fingerprint density at radius 1 is 0.374 bits per heavy atom. The van der Waals surface area contributed by atoms with E-state index in [1.54, 1.807) is 54.7 Å². The normalized spacial score (nSPS) is 27.1. The van der Waals surface area contributed by atoms with Crippen LogP contribution in [0.5, 0.6) is 0 Å². The molecule has 9 fully saturated rings. The molecular weight excluding hydrogens is 1600 g/mol. The van der Waals surface area contributed by atoms with Crippen LogP contribution in [0.1, 0.15) is 147 Å². The summed E-state index contributed by atoms with van der Waals surface area (Å²) < 4.78 is 66.0. The van der Waals surface area contributed by atoms with E-state index in [9.17, 15) is 43.2 Å². The van der Waals surface area contributed by atoms with Crippen LogP contribution in [0.4, 0.5) is 31.8 Å². The largest absolute Gasteiger partial charge is 0.464 e. The Kier molecular flexibility index (Phi) is 25.7. The van der Waals surface area contributed by atoms with Crippen molar-refractivity contribution in [3.63, 3.8) is 0 Å². The maximum absolute atomic E-state index is 14.0. The second-order valence-corrected chi connectivity index (χ2v) is 30.5. The molecule has 648 valence electrons. The Hall–Kier alpha value is -12.3. The third-order valence-corrected chi connectivity index (χ3v) is 23.2. The minimum atomic E-state index is -1.05. The van der Waals surface area contributed by atoms with Crippen LogP contribution in [0, 0.1) is 11.8 Å². The van der Waals surface area contributed by atoms with E-state index in [0.717, 1.165) is 29.5 Å². The average molecular weight is 1690 g/mol. The molecule has 40 heteroatoms. The molecule has 2 saturated carbocycles. The number of nitrogens with zero attached hydrogens (tertiary/aromatic N) is 15. The van der Waals surface area contributed by atoms with Gasteiger partial charge in [-0.15, -0.1) is 0 Å². The first-order valence-corrected chi connectivity index (χ1v) is 41.8. The van der Waals surface area contributed by atoms with Gasteiger partial charge in [-0.25, -0.2) is 73.6 Å². The van der Waals surface area contributed by atoms with Crippen LogP contribution in [0.15, 0.2) is 129 Å². The zero-order chi connectivity index (χ0) is 85.5. The van der Waals surface area contributed by atoms with Crippen LogP contribution in [0.3, 0.4) is 0 Å². The van der Waals surface area contributed by atoms with Crippen molar-refractivity contribution in [3.8, 4) is 0 Å². The lowest BCUT2D eigenvalue weighted by molar-refractivity contribution is -0.172. The number of nitrogens with one attached hydrogen (secondary N) is 6. The number of esters is 3. The smallest absolute Gasteiger partial charge is 0.328 e. The van der Waals surface area contributed by atoms with Gasteiger partial charge in [0.25, 0.3) is 5.91 Å². The predicted molar refractivity (Wildman–Crippen MR) is 433 cm³/mol. The van der Waals surface area contributed by atoms with Gasteiger partial charge in [0.1, 0.15) is 73.7 Å². The summed E-state index contributed by atoms with van der Waals surface area (Å²) in [5.41, 5.74) is 5.06. The Labute approximate surface area is 704 Å². The van der Waals surface area contributed by atoms with Gasteiger partial charge in [-0.05, 0) is 92.9 Å². The molecule has 13 heterocycles. The molecule has 40 nitrogen and oxygen atoms in total. The minimum Gasteiger partial charge on any atom is -0.464 e. The van der Waals surface area contributed by atoms with Crippen molar-refractivity contribution < 1.29 is 90.5 Å². The van der Waals surface area contributed by atoms with Crippen LogP contribution in [0.2, 0.25) is 0 Å². The van der Waals surface area contributed by atoms with Gasteiger partial charge < -0.3 is 87.2 Å². The van der Waals surface area contributed by atoms with Crippen LogP contribution >= 0.6 is 0 Å². The molecule has 7 aliphatic heterocycles. The molecule has 2 aliphatic carbocycles. The first-order valence-electron chi connectivity index (χ1n) is 41.8. The molecule has 9 amide bonds. The summed E-state index contributed by atoms with van der Waals surface area (Å²) in [6.45, 7) is 14.2. The highest BCUT2D eigenvalue weighted by Gasteiger charge is 2.61. The molecule has 18 rings (SSSR count). The second-order valence-electron chi connectivity index (χ2n) is 30.5. The maximum Gasteiger partial charge on any atom is 0.328 e. The molecule has 0 spiro atoms. The van der Waals surface area contributed by atoms with Crippen molar-refractivity contribution in [3.05, 3.63) is 146 Å². The first-order chi connectivity index (χ1) is 60.0. The van der Waals surface area contributed by atoms with Gasteiger partial charge in [0.15, 0.2) is 82.1 Å². The van der Waals surface area contributed by atoms with E-state index in [2.05, 4.69) is 76.8 Å². The van der Waals surface area contributed by atoms with E-state index in [1.807, 2.05) is 114 Å². The Morgan fingerprint density at radius 3 is 1.06 bits per heavy atom. The number of ether oxygens (including phenoxy) is 10. The maximum atomic E-state index is 14.0. The number of anilines is 3. The summed E-state index contributed by atoms with van der Waals surface area (Å²) >= 11 is 0. The summed E-state index contributed by atoms with van der Waals surface area (Å²) in [7, 11) is 0. The summed E-state index contributed by atoms with van der Waals surface area (Å²) in [4.78, 5) is 161. The summed E-state index contributed by atoms with van der Waals surface area (Å²) in [5.74, 6) is -2.17. The number of amides is 9. The lowest BCUT2D eigenvalue weighted by Crippen LogP contribution is -2.49. The summed E-state index contributed by atoms with van der Waals surface area (Å²) in [6, 6.07) is 24.8. The number of likely N-dealkylation sites (tertiary alicyclic amines) is 3. The molecule has 12 unspecified atom stereocenters. The number of aromatic nitrogens is 12. The molecule has 7 saturated heterocycles. The van der Waals surface area contributed by atoms with Crippen molar-refractivity contribution in [1.82, 2.24) is 89.2 Å². The number of rotatable bonds is 21. The van der Waals surface area contributed by atoms with Gasteiger partial charge in [0.05, 0.1) is 62.7 Å². The number of imidazole rings is 3. The molecule has 123 heavy (non-hydrogen) atoms. The van der Waals surface area contributed by atoms with E-state index in [0.29, 0.717) is 111 Å². The number of hydrogen-bond acceptors (Lipinski definition) is 28. The third-order valence-electron chi connectivity index (χ3n) is 23.2. The number of fused-ring (bicyclic) bond motifs is 6. The van der Waals surface area contributed by atoms with Gasteiger partial charge in [-0.1, -0.05) is 91.0 Å². The van der Waals surface area contributed by atoms with Crippen molar-refractivity contribution >= 4 is 105 Å². The van der Waals surface area contributed by atoms with E-state index < -0.39 is 122 Å². The van der Waals surface area contributed by atoms with E-state index in [-0.39, 0.29) is 79.0 Å². The number of carbonyl (C=O) groups excluding carboxylic acids is 9. The lowest BCUT2D eigenvalue weighted by Gasteiger charge is -2.28. The zero-order valence-corrected chi connectivity index (χ0v) is 68.5. The SMILES string of the molecule is CCNC(=O)Nc1ncnc2c1ncn2C1CC(C(=O)N2CCC[C@@H]2C(=O)OCC)C2O[C@H](c3ccccc3)OC21.CCNC(=O)Nc1ncnc2c1ncn2C1CC(C(=O)N2CCC[C@H]2C(=O)OCC)C2O[C@H](c3ccccc3)OC21.CCNC(=O)Nc1ncnc2c1ncn2C1OC(C(=O)N2CCC[C@H]2C(=O)OCC)C2O[C@H](c3ccccc3)OC21. The quantitative estimate of drug-likeness (QED) is 0.0310. The van der Waals surface area contributed by atoms with E-state index in [4.69, 9.17) is 47.4 Å². The molecule has 9 aliphatic rings. The molecule has 0 bridgehead atoms. The van der Waals surface area contributed by atoms with Crippen LogP contribution in [-0.4, -0.2) is 247 Å². The monoisotopic (exact) mass is 1690 g/mol. The zero-order valence-electron chi connectivity index (χ0n) is 68.5. The molecule has 18 atom stereocenters. The van der Waals surface area contributed by atoms with Crippen LogP contribution in [0.25, 0.3) is 33.5 Å².